The number of nitrogens with one attached hydrogen (secondary N) is 2. The van der Waals surface area contributed by atoms with Crippen molar-refractivity contribution in [2.24, 2.45) is 0 Å². The molecule has 3 aromatic carbocycles. The summed E-state index contributed by atoms with van der Waals surface area (Å²) in [5, 5.41) is 2.76. The van der Waals surface area contributed by atoms with Crippen molar-refractivity contribution >= 4 is 31.6 Å². The third-order valence-corrected chi connectivity index (χ3v) is 9.45. The van der Waals surface area contributed by atoms with Crippen molar-refractivity contribution in [1.29, 1.82) is 0 Å². The molecule has 0 aliphatic carbocycles. The summed E-state index contributed by atoms with van der Waals surface area (Å²) in [7, 11) is -7.19. The first-order valence-corrected chi connectivity index (χ1v) is 15.2. The first kappa shape index (κ1) is 27.6. The SMILES string of the molecule is Cc1cccc(NS(=O)(=O)c2ccc(OCC(=O)NCCc3ccc(S(=O)(=O)N4CCCC4)cc3)cc2)c1. The van der Waals surface area contributed by atoms with E-state index in [1.807, 2.05) is 13.0 Å². The quantitative estimate of drug-likeness (QED) is 0.373. The van der Waals surface area contributed by atoms with Gasteiger partial charge in [0, 0.05) is 25.3 Å². The Morgan fingerprint density at radius 2 is 1.55 bits per heavy atom. The van der Waals surface area contributed by atoms with E-state index in [4.69, 9.17) is 4.74 Å². The normalized spacial score (nSPS) is 14.2. The molecule has 0 saturated carbocycles. The second-order valence-corrected chi connectivity index (χ2v) is 12.7. The van der Waals surface area contributed by atoms with Crippen LogP contribution in [0.5, 0.6) is 5.75 Å². The molecule has 202 valence electrons. The molecule has 3 aromatic rings. The minimum absolute atomic E-state index is 0.0788. The van der Waals surface area contributed by atoms with Crippen LogP contribution in [0.25, 0.3) is 0 Å². The van der Waals surface area contributed by atoms with Gasteiger partial charge in [0.25, 0.3) is 15.9 Å². The van der Waals surface area contributed by atoms with E-state index in [2.05, 4.69) is 10.0 Å². The average molecular weight is 558 g/mol. The fourth-order valence-corrected chi connectivity index (χ4v) is 6.66. The molecule has 1 fully saturated rings. The topological polar surface area (TPSA) is 122 Å². The van der Waals surface area contributed by atoms with Gasteiger partial charge in [0.2, 0.25) is 10.0 Å². The van der Waals surface area contributed by atoms with Crippen molar-refractivity contribution in [2.75, 3.05) is 31.0 Å². The van der Waals surface area contributed by atoms with Crippen molar-refractivity contribution in [3.63, 3.8) is 0 Å². The second kappa shape index (κ2) is 12.0. The highest BCUT2D eigenvalue weighted by Crippen LogP contribution is 2.22. The number of amides is 1. The molecule has 0 aromatic heterocycles. The molecular formula is C27H31N3O6S2. The zero-order valence-electron chi connectivity index (χ0n) is 21.1. The molecule has 0 bridgehead atoms. The largest absolute Gasteiger partial charge is 0.484 e. The van der Waals surface area contributed by atoms with E-state index in [0.29, 0.717) is 37.5 Å². The van der Waals surface area contributed by atoms with Gasteiger partial charge >= 0.3 is 0 Å². The monoisotopic (exact) mass is 557 g/mol. The van der Waals surface area contributed by atoms with Crippen LogP contribution in [0.2, 0.25) is 0 Å². The molecule has 2 N–H and O–H groups in total. The number of benzene rings is 3. The molecule has 0 unspecified atom stereocenters. The Labute approximate surface area is 223 Å². The number of ether oxygens (including phenoxy) is 1. The number of carbonyl (C=O) groups excluding carboxylic acids is 1. The van der Waals surface area contributed by atoms with Crippen LogP contribution in [0.15, 0.2) is 82.6 Å². The van der Waals surface area contributed by atoms with Crippen LogP contribution in [0.4, 0.5) is 5.69 Å². The van der Waals surface area contributed by atoms with Crippen molar-refractivity contribution in [3.8, 4) is 5.75 Å². The molecule has 11 heteroatoms. The second-order valence-electron chi connectivity index (χ2n) is 9.09. The van der Waals surface area contributed by atoms with Crippen molar-refractivity contribution < 1.29 is 26.4 Å². The Bertz CT molecular complexity index is 1470. The maximum atomic E-state index is 12.6. The van der Waals surface area contributed by atoms with E-state index in [1.165, 1.54) is 28.6 Å². The van der Waals surface area contributed by atoms with E-state index in [-0.39, 0.29) is 22.3 Å². The molecule has 0 radical (unpaired) electrons. The van der Waals surface area contributed by atoms with Gasteiger partial charge in [-0.05, 0) is 85.8 Å². The summed E-state index contributed by atoms with van der Waals surface area (Å²) < 4.78 is 60.0. The number of carbonyl (C=O) groups is 1. The predicted octanol–water partition coefficient (Wildman–Crippen LogP) is 3.32. The molecule has 9 nitrogen and oxygen atoms in total. The van der Waals surface area contributed by atoms with E-state index in [0.717, 1.165) is 24.0 Å². The molecule has 1 saturated heterocycles. The Kier molecular flexibility index (Phi) is 8.70. The fraction of sp³-hybridized carbons (Fsp3) is 0.296. The molecule has 38 heavy (non-hydrogen) atoms. The van der Waals surface area contributed by atoms with Gasteiger partial charge in [-0.2, -0.15) is 4.31 Å². The van der Waals surface area contributed by atoms with Gasteiger partial charge in [-0.3, -0.25) is 9.52 Å². The third-order valence-electron chi connectivity index (χ3n) is 6.14. The number of nitrogens with zero attached hydrogens (tertiary/aromatic N) is 1. The summed E-state index contributed by atoms with van der Waals surface area (Å²) in [6, 6.07) is 19.6. The van der Waals surface area contributed by atoms with Crippen molar-refractivity contribution in [2.45, 2.75) is 36.0 Å². The molecular weight excluding hydrogens is 526 g/mol. The van der Waals surface area contributed by atoms with E-state index in [1.54, 1.807) is 42.5 Å². The zero-order chi connectivity index (χ0) is 27.2. The highest BCUT2D eigenvalue weighted by molar-refractivity contribution is 7.92. The molecule has 1 amide bonds. The maximum absolute atomic E-state index is 12.6. The van der Waals surface area contributed by atoms with Gasteiger partial charge in [0.05, 0.1) is 9.79 Å². The van der Waals surface area contributed by atoms with Crippen molar-refractivity contribution in [3.05, 3.63) is 83.9 Å². The Morgan fingerprint density at radius 3 is 2.21 bits per heavy atom. The molecule has 0 spiro atoms. The summed E-state index contributed by atoms with van der Waals surface area (Å²) in [5.41, 5.74) is 2.32. The van der Waals surface area contributed by atoms with Gasteiger partial charge in [-0.1, -0.05) is 24.3 Å². The lowest BCUT2D eigenvalue weighted by atomic mass is 10.1. The smallest absolute Gasteiger partial charge is 0.261 e. The fourth-order valence-electron chi connectivity index (χ4n) is 4.09. The van der Waals surface area contributed by atoms with Crippen molar-refractivity contribution in [1.82, 2.24) is 9.62 Å². The number of sulfonamides is 2. The van der Waals surface area contributed by atoms with Gasteiger partial charge in [-0.25, -0.2) is 16.8 Å². The van der Waals surface area contributed by atoms with Crippen LogP contribution in [0, 0.1) is 6.92 Å². The molecule has 1 aliphatic rings. The summed E-state index contributed by atoms with van der Waals surface area (Å²) in [5.74, 6) is 0.0421. The van der Waals surface area contributed by atoms with Crippen LogP contribution < -0.4 is 14.8 Å². The highest BCUT2D eigenvalue weighted by Gasteiger charge is 2.26. The van der Waals surface area contributed by atoms with Crippen LogP contribution in [0.1, 0.15) is 24.0 Å². The molecule has 1 aliphatic heterocycles. The number of aryl methyl sites for hydroxylation is 1. The number of hydrogen-bond donors (Lipinski definition) is 2. The Hall–Kier alpha value is -3.41. The summed E-state index contributed by atoms with van der Waals surface area (Å²) in [6.07, 6.45) is 2.32. The molecule has 1 heterocycles. The lowest BCUT2D eigenvalue weighted by Gasteiger charge is -2.15. The van der Waals surface area contributed by atoms with Gasteiger partial charge in [0.1, 0.15) is 5.75 Å². The summed E-state index contributed by atoms with van der Waals surface area (Å²) >= 11 is 0. The van der Waals surface area contributed by atoms with Gasteiger partial charge in [0.15, 0.2) is 6.61 Å². The lowest BCUT2D eigenvalue weighted by molar-refractivity contribution is -0.123. The van der Waals surface area contributed by atoms with Gasteiger partial charge in [-0.15, -0.1) is 0 Å². The van der Waals surface area contributed by atoms with E-state index < -0.39 is 20.0 Å². The lowest BCUT2D eigenvalue weighted by Crippen LogP contribution is -2.30. The number of rotatable bonds is 11. The Morgan fingerprint density at radius 1 is 0.895 bits per heavy atom. The molecule has 0 atom stereocenters. The van der Waals surface area contributed by atoms with Crippen LogP contribution in [0.3, 0.4) is 0 Å². The van der Waals surface area contributed by atoms with E-state index >= 15 is 0 Å². The minimum Gasteiger partial charge on any atom is -0.484 e. The first-order chi connectivity index (χ1) is 18.1. The Balaban J connectivity index is 1.21. The minimum atomic E-state index is -3.75. The molecule has 4 rings (SSSR count). The van der Waals surface area contributed by atoms with Crippen LogP contribution in [-0.2, 0) is 31.3 Å². The number of anilines is 1. The standard InChI is InChI=1S/C27H31N3O6S2/c1-21-5-4-6-23(19-21)29-37(32,33)25-13-9-24(10-14-25)36-20-27(31)28-16-15-22-7-11-26(12-8-22)38(34,35)30-17-2-3-18-30/h4-14,19,29H,2-3,15-18,20H2,1H3,(H,28,31). The van der Waals surface area contributed by atoms with E-state index in [9.17, 15) is 21.6 Å². The predicted molar refractivity (Wildman–Crippen MR) is 145 cm³/mol. The third kappa shape index (κ3) is 7.12. The number of hydrogen-bond acceptors (Lipinski definition) is 6. The maximum Gasteiger partial charge on any atom is 0.261 e. The average Bonchev–Trinajstić information content (AvgIpc) is 3.44. The zero-order valence-corrected chi connectivity index (χ0v) is 22.7. The first-order valence-electron chi connectivity index (χ1n) is 12.3. The van der Waals surface area contributed by atoms with Crippen LogP contribution in [-0.4, -0.2) is 53.3 Å². The summed E-state index contributed by atoms with van der Waals surface area (Å²) in [4.78, 5) is 12.5. The highest BCUT2D eigenvalue weighted by atomic mass is 32.2. The van der Waals surface area contributed by atoms with Crippen LogP contribution >= 0.6 is 0 Å². The van der Waals surface area contributed by atoms with Gasteiger partial charge < -0.3 is 10.1 Å². The summed E-state index contributed by atoms with van der Waals surface area (Å²) in [6.45, 7) is 3.14.